The summed E-state index contributed by atoms with van der Waals surface area (Å²) in [5.74, 6) is -0.538. The van der Waals surface area contributed by atoms with Crippen molar-refractivity contribution in [2.75, 3.05) is 6.61 Å². The Morgan fingerprint density at radius 2 is 2.04 bits per heavy atom. The van der Waals surface area contributed by atoms with E-state index in [4.69, 9.17) is 15.2 Å². The molecule has 1 aliphatic rings. The molecule has 23 heavy (non-hydrogen) atoms. The summed E-state index contributed by atoms with van der Waals surface area (Å²) in [5, 5.41) is 0. The SMILES string of the molecule is CCOC(=O)C1=Cc2cc(C(=O)OC(C)C)ccc2N=C(N)C1. The van der Waals surface area contributed by atoms with Gasteiger partial charge in [0.1, 0.15) is 5.84 Å². The average Bonchev–Trinajstić information content (AvgIpc) is 2.64. The van der Waals surface area contributed by atoms with Gasteiger partial charge in [-0.2, -0.15) is 0 Å². The number of rotatable bonds is 4. The predicted octanol–water partition coefficient (Wildman–Crippen LogP) is 2.59. The van der Waals surface area contributed by atoms with Crippen LogP contribution in [-0.2, 0) is 14.3 Å². The lowest BCUT2D eigenvalue weighted by Crippen LogP contribution is -2.16. The standard InChI is InChI=1S/C17H20N2O4/c1-4-22-16(20)13-8-12-7-11(17(21)23-10(2)3)5-6-14(12)19-15(18)9-13/h5-8,10H,4,9H2,1-3H3,(H2,18,19). The maximum Gasteiger partial charge on any atom is 0.338 e. The minimum Gasteiger partial charge on any atom is -0.463 e. The Labute approximate surface area is 135 Å². The van der Waals surface area contributed by atoms with Crippen LogP contribution in [0.2, 0.25) is 0 Å². The molecule has 1 heterocycles. The van der Waals surface area contributed by atoms with Crippen LogP contribution >= 0.6 is 0 Å². The lowest BCUT2D eigenvalue weighted by Gasteiger charge is -2.09. The van der Waals surface area contributed by atoms with E-state index >= 15 is 0 Å². The van der Waals surface area contributed by atoms with Gasteiger partial charge in [0.25, 0.3) is 0 Å². The van der Waals surface area contributed by atoms with Gasteiger partial charge in [-0.05, 0) is 45.0 Å². The van der Waals surface area contributed by atoms with Crippen LogP contribution in [-0.4, -0.2) is 30.5 Å². The van der Waals surface area contributed by atoms with E-state index in [0.29, 0.717) is 28.2 Å². The highest BCUT2D eigenvalue weighted by atomic mass is 16.5. The van der Waals surface area contributed by atoms with Gasteiger partial charge in [0.05, 0.1) is 24.0 Å². The van der Waals surface area contributed by atoms with Crippen LogP contribution in [0.25, 0.3) is 6.08 Å². The number of nitrogens with two attached hydrogens (primary N) is 1. The molecule has 0 radical (unpaired) electrons. The van der Waals surface area contributed by atoms with Crippen molar-refractivity contribution in [2.24, 2.45) is 10.7 Å². The van der Waals surface area contributed by atoms with E-state index < -0.39 is 11.9 Å². The van der Waals surface area contributed by atoms with Gasteiger partial charge in [-0.3, -0.25) is 0 Å². The first-order valence-electron chi connectivity index (χ1n) is 7.46. The molecule has 0 saturated carbocycles. The van der Waals surface area contributed by atoms with Gasteiger partial charge in [0, 0.05) is 17.6 Å². The smallest absolute Gasteiger partial charge is 0.338 e. The Morgan fingerprint density at radius 1 is 1.30 bits per heavy atom. The Hall–Kier alpha value is -2.63. The largest absolute Gasteiger partial charge is 0.463 e. The number of nitrogens with zero attached hydrogens (tertiary/aromatic N) is 1. The van der Waals surface area contributed by atoms with Gasteiger partial charge in [-0.15, -0.1) is 0 Å². The zero-order valence-electron chi connectivity index (χ0n) is 13.5. The first-order valence-corrected chi connectivity index (χ1v) is 7.46. The van der Waals surface area contributed by atoms with Gasteiger partial charge < -0.3 is 15.2 Å². The van der Waals surface area contributed by atoms with Crippen molar-refractivity contribution >= 4 is 29.5 Å². The third-order valence-corrected chi connectivity index (χ3v) is 3.11. The summed E-state index contributed by atoms with van der Waals surface area (Å²) < 4.78 is 10.2. The van der Waals surface area contributed by atoms with Crippen molar-refractivity contribution in [1.82, 2.24) is 0 Å². The number of hydrogen-bond donors (Lipinski definition) is 1. The van der Waals surface area contributed by atoms with Gasteiger partial charge in [0.2, 0.25) is 0 Å². The van der Waals surface area contributed by atoms with Crippen molar-refractivity contribution in [3.05, 3.63) is 34.9 Å². The monoisotopic (exact) mass is 316 g/mol. The van der Waals surface area contributed by atoms with Crippen LogP contribution in [0.1, 0.15) is 43.1 Å². The molecule has 0 unspecified atom stereocenters. The fraction of sp³-hybridized carbons (Fsp3) is 0.353. The van der Waals surface area contributed by atoms with Gasteiger partial charge in [-0.1, -0.05) is 0 Å². The number of ether oxygens (including phenoxy) is 2. The number of fused-ring (bicyclic) bond motifs is 1. The molecule has 0 fully saturated rings. The van der Waals surface area contributed by atoms with E-state index in [9.17, 15) is 9.59 Å². The van der Waals surface area contributed by atoms with Crippen molar-refractivity contribution in [1.29, 1.82) is 0 Å². The molecule has 1 aromatic carbocycles. The Bertz CT molecular complexity index is 690. The zero-order chi connectivity index (χ0) is 17.0. The number of esters is 2. The molecule has 122 valence electrons. The Balaban J connectivity index is 2.41. The molecule has 0 aliphatic carbocycles. The average molecular weight is 316 g/mol. The van der Waals surface area contributed by atoms with E-state index in [2.05, 4.69) is 4.99 Å². The summed E-state index contributed by atoms with van der Waals surface area (Å²) >= 11 is 0. The van der Waals surface area contributed by atoms with Gasteiger partial charge >= 0.3 is 11.9 Å². The Morgan fingerprint density at radius 3 is 2.70 bits per heavy atom. The second kappa shape index (κ2) is 7.09. The normalized spacial score (nSPS) is 13.6. The van der Waals surface area contributed by atoms with Crippen LogP contribution in [0.3, 0.4) is 0 Å². The molecule has 0 saturated heterocycles. The van der Waals surface area contributed by atoms with Crippen LogP contribution in [0.15, 0.2) is 28.8 Å². The minimum atomic E-state index is -0.436. The number of aliphatic imine (C=N–C) groups is 1. The number of carbonyl (C=O) groups excluding carboxylic acids is 2. The Kier molecular flexibility index (Phi) is 5.16. The maximum absolute atomic E-state index is 12.0. The molecule has 0 spiro atoms. The first kappa shape index (κ1) is 16.7. The van der Waals surface area contributed by atoms with Gasteiger partial charge in [0.15, 0.2) is 0 Å². The molecular formula is C17H20N2O4. The summed E-state index contributed by atoms with van der Waals surface area (Å²) in [6.45, 7) is 5.58. The zero-order valence-corrected chi connectivity index (χ0v) is 13.5. The molecule has 2 rings (SSSR count). The van der Waals surface area contributed by atoms with Crippen LogP contribution in [0.4, 0.5) is 5.69 Å². The molecule has 0 amide bonds. The quantitative estimate of drug-likeness (QED) is 0.862. The maximum atomic E-state index is 12.0. The van der Waals surface area contributed by atoms with Crippen LogP contribution in [0, 0.1) is 0 Å². The lowest BCUT2D eigenvalue weighted by molar-refractivity contribution is -0.138. The summed E-state index contributed by atoms with van der Waals surface area (Å²) in [4.78, 5) is 28.3. The number of hydrogen-bond acceptors (Lipinski definition) is 6. The highest BCUT2D eigenvalue weighted by molar-refractivity contribution is 6.03. The molecule has 6 nitrogen and oxygen atoms in total. The summed E-state index contributed by atoms with van der Waals surface area (Å²) in [6, 6.07) is 4.95. The lowest BCUT2D eigenvalue weighted by atomic mass is 10.0. The van der Waals surface area contributed by atoms with E-state index in [-0.39, 0.29) is 19.1 Å². The highest BCUT2D eigenvalue weighted by Crippen LogP contribution is 2.28. The minimum absolute atomic E-state index is 0.208. The molecule has 6 heteroatoms. The number of carbonyl (C=O) groups is 2. The van der Waals surface area contributed by atoms with E-state index in [1.54, 1.807) is 45.0 Å². The third-order valence-electron chi connectivity index (χ3n) is 3.11. The van der Waals surface area contributed by atoms with Crippen LogP contribution < -0.4 is 5.73 Å². The summed E-state index contributed by atoms with van der Waals surface area (Å²) in [5.41, 5.74) is 7.88. The van der Waals surface area contributed by atoms with E-state index in [1.165, 1.54) is 0 Å². The van der Waals surface area contributed by atoms with Crippen LogP contribution in [0.5, 0.6) is 0 Å². The number of amidine groups is 1. The number of benzene rings is 1. The van der Waals surface area contributed by atoms with Gasteiger partial charge in [-0.25, -0.2) is 14.6 Å². The fourth-order valence-corrected chi connectivity index (χ4v) is 2.16. The third kappa shape index (κ3) is 4.18. The molecular weight excluding hydrogens is 296 g/mol. The molecule has 1 aromatic rings. The van der Waals surface area contributed by atoms with E-state index in [1.807, 2.05) is 0 Å². The van der Waals surface area contributed by atoms with Crippen molar-refractivity contribution in [3.8, 4) is 0 Å². The second-order valence-corrected chi connectivity index (χ2v) is 5.40. The van der Waals surface area contributed by atoms with Crippen molar-refractivity contribution in [3.63, 3.8) is 0 Å². The van der Waals surface area contributed by atoms with Crippen molar-refractivity contribution in [2.45, 2.75) is 33.3 Å². The highest BCUT2D eigenvalue weighted by Gasteiger charge is 2.18. The summed E-state index contributed by atoms with van der Waals surface area (Å²) in [6.07, 6.45) is 1.66. The van der Waals surface area contributed by atoms with E-state index in [0.717, 1.165) is 0 Å². The molecule has 0 bridgehead atoms. The first-order chi connectivity index (χ1) is 10.9. The predicted molar refractivity (Wildman–Crippen MR) is 87.5 cm³/mol. The molecule has 1 aliphatic heterocycles. The second-order valence-electron chi connectivity index (χ2n) is 5.40. The molecule has 0 atom stereocenters. The summed E-state index contributed by atoms with van der Waals surface area (Å²) in [7, 11) is 0. The fourth-order valence-electron chi connectivity index (χ4n) is 2.16. The van der Waals surface area contributed by atoms with Crippen molar-refractivity contribution < 1.29 is 19.1 Å². The molecule has 0 aromatic heterocycles. The molecule has 2 N–H and O–H groups in total. The topological polar surface area (TPSA) is 91.0 Å².